The summed E-state index contributed by atoms with van der Waals surface area (Å²) in [6.07, 6.45) is 1.62. The summed E-state index contributed by atoms with van der Waals surface area (Å²) in [5, 5.41) is 2.85. The smallest absolute Gasteiger partial charge is 0.227 e. The molecular formula is C16H23N3O2. The van der Waals surface area contributed by atoms with Crippen LogP contribution < -0.4 is 16.0 Å². The molecule has 0 fully saturated rings. The Bertz CT molecular complexity index is 516. The molecule has 0 aliphatic carbocycles. The third kappa shape index (κ3) is 4.04. The lowest BCUT2D eigenvalue weighted by Gasteiger charge is -2.29. The zero-order valence-electron chi connectivity index (χ0n) is 12.5. The highest BCUT2D eigenvalue weighted by Gasteiger charge is 2.23. The average molecular weight is 289 g/mol. The summed E-state index contributed by atoms with van der Waals surface area (Å²) in [5.74, 6) is 0.328. The summed E-state index contributed by atoms with van der Waals surface area (Å²) in [6.45, 7) is 3.56. The number of carbonyl (C=O) groups is 2. The Morgan fingerprint density at radius 1 is 1.38 bits per heavy atom. The van der Waals surface area contributed by atoms with Gasteiger partial charge in [-0.2, -0.15) is 0 Å². The van der Waals surface area contributed by atoms with Gasteiger partial charge in [0.15, 0.2) is 0 Å². The minimum Gasteiger partial charge on any atom is -0.356 e. The Labute approximate surface area is 125 Å². The minimum atomic E-state index is -0.0360. The molecule has 0 saturated heterocycles. The van der Waals surface area contributed by atoms with Crippen molar-refractivity contribution in [2.45, 2.75) is 26.2 Å². The largest absolute Gasteiger partial charge is 0.356 e. The quantitative estimate of drug-likeness (QED) is 0.822. The van der Waals surface area contributed by atoms with Gasteiger partial charge in [0.25, 0.3) is 0 Å². The van der Waals surface area contributed by atoms with Crippen LogP contribution in [-0.4, -0.2) is 31.4 Å². The first-order chi connectivity index (χ1) is 10.1. The van der Waals surface area contributed by atoms with Crippen molar-refractivity contribution in [1.82, 2.24) is 5.32 Å². The molecule has 0 aromatic heterocycles. The van der Waals surface area contributed by atoms with Crippen molar-refractivity contribution in [1.29, 1.82) is 0 Å². The van der Waals surface area contributed by atoms with E-state index in [-0.39, 0.29) is 17.7 Å². The summed E-state index contributed by atoms with van der Waals surface area (Å²) >= 11 is 0. The molecule has 1 aromatic rings. The lowest BCUT2D eigenvalue weighted by Crippen LogP contribution is -2.39. The van der Waals surface area contributed by atoms with E-state index >= 15 is 0 Å². The Balaban J connectivity index is 1.91. The molecule has 1 heterocycles. The van der Waals surface area contributed by atoms with Gasteiger partial charge in [-0.3, -0.25) is 9.59 Å². The van der Waals surface area contributed by atoms with Gasteiger partial charge in [-0.1, -0.05) is 25.1 Å². The van der Waals surface area contributed by atoms with E-state index in [1.54, 1.807) is 4.90 Å². The number of benzene rings is 1. The lowest BCUT2D eigenvalue weighted by atomic mass is 10.0. The monoisotopic (exact) mass is 289 g/mol. The zero-order valence-corrected chi connectivity index (χ0v) is 12.5. The van der Waals surface area contributed by atoms with Gasteiger partial charge in [0, 0.05) is 31.6 Å². The molecule has 2 amide bonds. The first-order valence-corrected chi connectivity index (χ1v) is 7.47. The summed E-state index contributed by atoms with van der Waals surface area (Å²) in [5.41, 5.74) is 7.63. The second-order valence-electron chi connectivity index (χ2n) is 5.57. The standard InChI is InChI=1S/C16H23N3O2/c1-12(10-17)11-18-15(20)8-9-19-14-5-3-2-4-13(14)6-7-16(19)21/h2-5,12H,6-11,17H2,1H3,(H,18,20). The van der Waals surface area contributed by atoms with Gasteiger partial charge in [0.05, 0.1) is 0 Å². The fraction of sp³-hybridized carbons (Fsp3) is 0.500. The highest BCUT2D eigenvalue weighted by molar-refractivity contribution is 5.96. The number of nitrogens with zero attached hydrogens (tertiary/aromatic N) is 1. The molecule has 5 nitrogen and oxygen atoms in total. The van der Waals surface area contributed by atoms with Crippen molar-refractivity contribution >= 4 is 17.5 Å². The van der Waals surface area contributed by atoms with Crippen molar-refractivity contribution < 1.29 is 9.59 Å². The number of hydrogen-bond acceptors (Lipinski definition) is 3. The van der Waals surface area contributed by atoms with Crippen LogP contribution in [0.1, 0.15) is 25.3 Å². The number of anilines is 1. The van der Waals surface area contributed by atoms with Crippen molar-refractivity contribution in [3.05, 3.63) is 29.8 Å². The van der Waals surface area contributed by atoms with E-state index in [2.05, 4.69) is 5.32 Å². The summed E-state index contributed by atoms with van der Waals surface area (Å²) in [4.78, 5) is 25.6. The van der Waals surface area contributed by atoms with Crippen LogP contribution in [0.25, 0.3) is 0 Å². The van der Waals surface area contributed by atoms with E-state index in [1.165, 1.54) is 5.56 Å². The van der Waals surface area contributed by atoms with E-state index in [1.807, 2.05) is 31.2 Å². The van der Waals surface area contributed by atoms with Gasteiger partial charge in [-0.15, -0.1) is 0 Å². The first kappa shape index (κ1) is 15.5. The van der Waals surface area contributed by atoms with Crippen molar-refractivity contribution in [2.75, 3.05) is 24.5 Å². The molecule has 0 spiro atoms. The van der Waals surface area contributed by atoms with E-state index in [0.717, 1.165) is 12.1 Å². The average Bonchev–Trinajstić information content (AvgIpc) is 2.51. The zero-order chi connectivity index (χ0) is 15.2. The van der Waals surface area contributed by atoms with Gasteiger partial charge in [0.2, 0.25) is 11.8 Å². The summed E-state index contributed by atoms with van der Waals surface area (Å²) in [7, 11) is 0. The highest BCUT2D eigenvalue weighted by Crippen LogP contribution is 2.27. The topological polar surface area (TPSA) is 75.4 Å². The van der Waals surface area contributed by atoms with Gasteiger partial charge in [-0.05, 0) is 30.5 Å². The molecular weight excluding hydrogens is 266 g/mol. The van der Waals surface area contributed by atoms with Crippen molar-refractivity contribution in [3.63, 3.8) is 0 Å². The molecule has 1 aliphatic heterocycles. The van der Waals surface area contributed by atoms with Crippen LogP contribution in [0.5, 0.6) is 0 Å². The van der Waals surface area contributed by atoms with Crippen molar-refractivity contribution in [3.8, 4) is 0 Å². The van der Waals surface area contributed by atoms with E-state index in [4.69, 9.17) is 5.73 Å². The predicted molar refractivity (Wildman–Crippen MR) is 83.0 cm³/mol. The Morgan fingerprint density at radius 3 is 2.90 bits per heavy atom. The molecule has 0 saturated carbocycles. The van der Waals surface area contributed by atoms with Crippen LogP contribution in [0.2, 0.25) is 0 Å². The first-order valence-electron chi connectivity index (χ1n) is 7.47. The maximum atomic E-state index is 12.1. The Kier molecular flexibility index (Phi) is 5.33. The third-order valence-corrected chi connectivity index (χ3v) is 3.80. The highest BCUT2D eigenvalue weighted by atomic mass is 16.2. The van der Waals surface area contributed by atoms with Crippen LogP contribution in [0.15, 0.2) is 24.3 Å². The molecule has 3 N–H and O–H groups in total. The van der Waals surface area contributed by atoms with Crippen LogP contribution >= 0.6 is 0 Å². The van der Waals surface area contributed by atoms with E-state index < -0.39 is 0 Å². The number of aryl methyl sites for hydroxylation is 1. The number of para-hydroxylation sites is 1. The Hall–Kier alpha value is -1.88. The maximum absolute atomic E-state index is 12.1. The second-order valence-corrected chi connectivity index (χ2v) is 5.57. The number of rotatable bonds is 6. The van der Waals surface area contributed by atoms with Gasteiger partial charge in [0.1, 0.15) is 0 Å². The number of carbonyl (C=O) groups excluding carboxylic acids is 2. The molecule has 5 heteroatoms. The fourth-order valence-corrected chi connectivity index (χ4v) is 2.41. The number of hydrogen-bond donors (Lipinski definition) is 2. The fourth-order valence-electron chi connectivity index (χ4n) is 2.41. The molecule has 0 bridgehead atoms. The molecule has 1 unspecified atom stereocenters. The maximum Gasteiger partial charge on any atom is 0.227 e. The second kappa shape index (κ2) is 7.22. The number of fused-ring (bicyclic) bond motifs is 1. The molecule has 1 aliphatic rings. The minimum absolute atomic E-state index is 0.0360. The summed E-state index contributed by atoms with van der Waals surface area (Å²) < 4.78 is 0. The van der Waals surface area contributed by atoms with Gasteiger partial charge >= 0.3 is 0 Å². The molecule has 1 atom stereocenters. The van der Waals surface area contributed by atoms with Crippen LogP contribution in [0.4, 0.5) is 5.69 Å². The van der Waals surface area contributed by atoms with Crippen LogP contribution in [0.3, 0.4) is 0 Å². The molecule has 0 radical (unpaired) electrons. The van der Waals surface area contributed by atoms with Crippen LogP contribution in [-0.2, 0) is 16.0 Å². The van der Waals surface area contributed by atoms with Crippen molar-refractivity contribution in [2.24, 2.45) is 11.7 Å². The number of nitrogens with two attached hydrogens (primary N) is 1. The molecule has 1 aromatic carbocycles. The Morgan fingerprint density at radius 2 is 2.14 bits per heavy atom. The lowest BCUT2D eigenvalue weighted by molar-refractivity contribution is -0.121. The number of amides is 2. The van der Waals surface area contributed by atoms with E-state index in [0.29, 0.717) is 32.5 Å². The predicted octanol–water partition coefficient (Wildman–Crippen LogP) is 1.07. The SMILES string of the molecule is CC(CN)CNC(=O)CCN1C(=O)CCc2ccccc21. The summed E-state index contributed by atoms with van der Waals surface area (Å²) in [6, 6.07) is 7.89. The van der Waals surface area contributed by atoms with Gasteiger partial charge in [-0.25, -0.2) is 0 Å². The normalized spacial score (nSPS) is 15.5. The third-order valence-electron chi connectivity index (χ3n) is 3.80. The molecule has 21 heavy (non-hydrogen) atoms. The van der Waals surface area contributed by atoms with E-state index in [9.17, 15) is 9.59 Å². The number of nitrogens with one attached hydrogen (secondary N) is 1. The van der Waals surface area contributed by atoms with Crippen LogP contribution in [0, 0.1) is 5.92 Å². The molecule has 2 rings (SSSR count). The van der Waals surface area contributed by atoms with Gasteiger partial charge < -0.3 is 16.0 Å². The molecule has 114 valence electrons.